The second-order valence-electron chi connectivity index (χ2n) is 5.13. The molecule has 0 saturated carbocycles. The molecule has 1 N–H and O–H groups in total. The third kappa shape index (κ3) is 5.11. The fraction of sp³-hybridized carbons (Fsp3) is 0.316. The molecule has 0 radical (unpaired) electrons. The average molecular weight is 314 g/mol. The number of ether oxygens (including phenoxy) is 2. The normalized spacial score (nSPS) is 10.3. The monoisotopic (exact) mass is 314 g/mol. The molecule has 0 atom stereocenters. The second-order valence-corrected chi connectivity index (χ2v) is 5.13. The van der Waals surface area contributed by atoms with E-state index in [1.54, 1.807) is 25.1 Å². The van der Waals surface area contributed by atoms with Crippen molar-refractivity contribution in [3.05, 3.63) is 65.2 Å². The van der Waals surface area contributed by atoms with E-state index in [2.05, 4.69) is 0 Å². The molecule has 0 spiro atoms. The lowest BCUT2D eigenvalue weighted by atomic mass is 10.0. The minimum atomic E-state index is -0.346. The fourth-order valence-electron chi connectivity index (χ4n) is 2.30. The Bertz CT molecular complexity index is 637. The maximum Gasteiger partial charge on any atom is 0.338 e. The van der Waals surface area contributed by atoms with Gasteiger partial charge in [0.2, 0.25) is 0 Å². The van der Waals surface area contributed by atoms with Gasteiger partial charge >= 0.3 is 5.97 Å². The van der Waals surface area contributed by atoms with Gasteiger partial charge in [-0.3, -0.25) is 0 Å². The van der Waals surface area contributed by atoms with Crippen molar-refractivity contribution in [1.29, 1.82) is 0 Å². The van der Waals surface area contributed by atoms with Crippen molar-refractivity contribution < 1.29 is 19.4 Å². The van der Waals surface area contributed by atoms with Crippen molar-refractivity contribution >= 4 is 5.97 Å². The number of carbonyl (C=O) groups is 1. The van der Waals surface area contributed by atoms with Gasteiger partial charge in [0, 0.05) is 6.61 Å². The largest absolute Gasteiger partial charge is 0.489 e. The lowest BCUT2D eigenvalue weighted by Gasteiger charge is -2.11. The Labute approximate surface area is 136 Å². The van der Waals surface area contributed by atoms with Crippen LogP contribution in [-0.2, 0) is 17.8 Å². The minimum Gasteiger partial charge on any atom is -0.489 e. The first-order valence-electron chi connectivity index (χ1n) is 7.82. The topological polar surface area (TPSA) is 55.8 Å². The Morgan fingerprint density at radius 3 is 2.61 bits per heavy atom. The number of aliphatic hydroxyl groups is 1. The Balaban J connectivity index is 2.04. The van der Waals surface area contributed by atoms with Gasteiger partial charge in [0.15, 0.2) is 0 Å². The predicted octanol–water partition coefficient (Wildman–Crippen LogP) is 3.37. The second kappa shape index (κ2) is 8.96. The van der Waals surface area contributed by atoms with E-state index < -0.39 is 0 Å². The molecule has 23 heavy (non-hydrogen) atoms. The van der Waals surface area contributed by atoms with Crippen LogP contribution in [-0.4, -0.2) is 24.3 Å². The van der Waals surface area contributed by atoms with Crippen molar-refractivity contribution in [3.63, 3.8) is 0 Å². The minimum absolute atomic E-state index is 0.177. The molecule has 0 unspecified atom stereocenters. The van der Waals surface area contributed by atoms with Crippen LogP contribution in [0.4, 0.5) is 0 Å². The number of hydrogen-bond donors (Lipinski definition) is 1. The summed E-state index contributed by atoms with van der Waals surface area (Å²) < 4.78 is 10.8. The van der Waals surface area contributed by atoms with Crippen molar-refractivity contribution in [1.82, 2.24) is 0 Å². The fourth-order valence-corrected chi connectivity index (χ4v) is 2.30. The van der Waals surface area contributed by atoms with E-state index in [1.807, 2.05) is 30.3 Å². The van der Waals surface area contributed by atoms with Crippen molar-refractivity contribution in [2.45, 2.75) is 26.4 Å². The van der Waals surface area contributed by atoms with E-state index in [0.717, 1.165) is 18.4 Å². The highest BCUT2D eigenvalue weighted by atomic mass is 16.5. The summed E-state index contributed by atoms with van der Waals surface area (Å²) >= 11 is 0. The maximum atomic E-state index is 11.7. The standard InChI is InChI=1S/C19H22O4/c1-2-22-19(21)16-9-5-11-18(13-16)23-14-17-8-4-3-7-15(17)10-6-12-20/h3-5,7-9,11,13,20H,2,6,10,12,14H2,1H3. The number of hydrogen-bond acceptors (Lipinski definition) is 4. The molecule has 0 aliphatic heterocycles. The van der Waals surface area contributed by atoms with Crippen LogP contribution in [0.3, 0.4) is 0 Å². The van der Waals surface area contributed by atoms with Crippen molar-refractivity contribution in [3.8, 4) is 5.75 Å². The van der Waals surface area contributed by atoms with Gasteiger partial charge in [-0.05, 0) is 49.1 Å². The molecule has 2 aromatic carbocycles. The molecule has 2 aromatic rings. The summed E-state index contributed by atoms with van der Waals surface area (Å²) in [6.45, 7) is 2.73. The quantitative estimate of drug-likeness (QED) is 0.759. The van der Waals surface area contributed by atoms with Crippen LogP contribution in [0.5, 0.6) is 5.75 Å². The molecule has 0 heterocycles. The van der Waals surface area contributed by atoms with Crippen molar-refractivity contribution in [2.24, 2.45) is 0 Å². The van der Waals surface area contributed by atoms with Gasteiger partial charge in [-0.25, -0.2) is 4.79 Å². The van der Waals surface area contributed by atoms with Crippen LogP contribution >= 0.6 is 0 Å². The van der Waals surface area contributed by atoms with E-state index in [1.165, 1.54) is 5.56 Å². The molecule has 122 valence electrons. The lowest BCUT2D eigenvalue weighted by Crippen LogP contribution is -2.05. The third-order valence-electron chi connectivity index (χ3n) is 3.46. The summed E-state index contributed by atoms with van der Waals surface area (Å²) in [7, 11) is 0. The number of aliphatic hydroxyl groups excluding tert-OH is 1. The molecule has 2 rings (SSSR count). The first-order chi connectivity index (χ1) is 11.2. The van der Waals surface area contributed by atoms with Crippen LogP contribution in [0.1, 0.15) is 34.8 Å². The molecule has 0 amide bonds. The SMILES string of the molecule is CCOC(=O)c1cccc(OCc2ccccc2CCCO)c1. The zero-order valence-corrected chi connectivity index (χ0v) is 13.3. The van der Waals surface area contributed by atoms with E-state index >= 15 is 0 Å². The Morgan fingerprint density at radius 2 is 1.87 bits per heavy atom. The number of rotatable bonds is 8. The summed E-state index contributed by atoms with van der Waals surface area (Å²) in [5.41, 5.74) is 2.74. The molecule has 4 nitrogen and oxygen atoms in total. The maximum absolute atomic E-state index is 11.7. The van der Waals surface area contributed by atoms with Crippen LogP contribution in [0.15, 0.2) is 48.5 Å². The zero-order chi connectivity index (χ0) is 16.5. The van der Waals surface area contributed by atoms with E-state index in [9.17, 15) is 4.79 Å². The van der Waals surface area contributed by atoms with Gasteiger partial charge < -0.3 is 14.6 Å². The zero-order valence-electron chi connectivity index (χ0n) is 13.3. The molecule has 0 saturated heterocycles. The summed E-state index contributed by atoms with van der Waals surface area (Å²) in [6.07, 6.45) is 1.55. The Hall–Kier alpha value is -2.33. The number of aryl methyl sites for hydroxylation is 1. The van der Waals surface area contributed by atoms with E-state index in [0.29, 0.717) is 24.5 Å². The van der Waals surface area contributed by atoms with Crippen LogP contribution < -0.4 is 4.74 Å². The summed E-state index contributed by atoms with van der Waals surface area (Å²) in [5, 5.41) is 8.98. The van der Waals surface area contributed by atoms with E-state index in [4.69, 9.17) is 14.6 Å². The van der Waals surface area contributed by atoms with Gasteiger partial charge in [-0.15, -0.1) is 0 Å². The molecular weight excluding hydrogens is 292 g/mol. The lowest BCUT2D eigenvalue weighted by molar-refractivity contribution is 0.0526. The van der Waals surface area contributed by atoms with Crippen LogP contribution in [0.2, 0.25) is 0 Å². The van der Waals surface area contributed by atoms with Gasteiger partial charge in [-0.2, -0.15) is 0 Å². The molecule has 0 bridgehead atoms. The molecule has 0 fully saturated rings. The highest BCUT2D eigenvalue weighted by Crippen LogP contribution is 2.18. The summed E-state index contributed by atoms with van der Waals surface area (Å²) in [5.74, 6) is 0.286. The molecule has 0 aliphatic carbocycles. The Morgan fingerprint density at radius 1 is 1.09 bits per heavy atom. The smallest absolute Gasteiger partial charge is 0.338 e. The highest BCUT2D eigenvalue weighted by molar-refractivity contribution is 5.89. The highest BCUT2D eigenvalue weighted by Gasteiger charge is 2.08. The number of esters is 1. The van der Waals surface area contributed by atoms with E-state index in [-0.39, 0.29) is 12.6 Å². The first kappa shape index (κ1) is 17.0. The van der Waals surface area contributed by atoms with Gasteiger partial charge in [0.1, 0.15) is 12.4 Å². The van der Waals surface area contributed by atoms with Gasteiger partial charge in [0.25, 0.3) is 0 Å². The molecule has 0 aliphatic rings. The van der Waals surface area contributed by atoms with Gasteiger partial charge in [-0.1, -0.05) is 30.3 Å². The molecule has 0 aromatic heterocycles. The summed E-state index contributed by atoms with van der Waals surface area (Å²) in [4.78, 5) is 11.7. The number of carbonyl (C=O) groups excluding carboxylic acids is 1. The van der Waals surface area contributed by atoms with Crippen LogP contribution in [0.25, 0.3) is 0 Å². The predicted molar refractivity (Wildman–Crippen MR) is 88.6 cm³/mol. The summed E-state index contributed by atoms with van der Waals surface area (Å²) in [6, 6.07) is 15.0. The molecular formula is C19H22O4. The van der Waals surface area contributed by atoms with Gasteiger partial charge in [0.05, 0.1) is 12.2 Å². The molecule has 4 heteroatoms. The van der Waals surface area contributed by atoms with Crippen molar-refractivity contribution in [2.75, 3.05) is 13.2 Å². The third-order valence-corrected chi connectivity index (χ3v) is 3.46. The first-order valence-corrected chi connectivity index (χ1v) is 7.82. The average Bonchev–Trinajstić information content (AvgIpc) is 2.59. The van der Waals surface area contributed by atoms with Crippen LogP contribution in [0, 0.1) is 0 Å². The number of benzene rings is 2. The Kier molecular flexibility index (Phi) is 6.63.